The molecule has 6 nitrogen and oxygen atoms in total. The number of hydrogen-bond acceptors (Lipinski definition) is 5. The van der Waals surface area contributed by atoms with Gasteiger partial charge in [-0.25, -0.2) is 13.1 Å². The molecule has 2 rings (SSSR count). The van der Waals surface area contributed by atoms with Crippen LogP contribution in [0.4, 0.5) is 5.69 Å². The topological polar surface area (TPSA) is 84.7 Å². The van der Waals surface area contributed by atoms with E-state index in [-0.39, 0.29) is 10.6 Å². The minimum absolute atomic E-state index is 0.0990. The molecule has 0 aromatic heterocycles. The zero-order valence-electron chi connectivity index (χ0n) is 12.3. The molecule has 0 bridgehead atoms. The first kappa shape index (κ1) is 16.1. The normalized spacial score (nSPS) is 16.8. The number of nitrogens with zero attached hydrogens (tertiary/aromatic N) is 1. The summed E-state index contributed by atoms with van der Waals surface area (Å²) in [6.07, 6.45) is 3.65. The number of sulfonamides is 1. The molecule has 0 amide bonds. The highest BCUT2D eigenvalue weighted by atomic mass is 32.2. The second kappa shape index (κ2) is 7.11. The van der Waals surface area contributed by atoms with E-state index in [1.54, 1.807) is 6.07 Å². The zero-order valence-corrected chi connectivity index (χ0v) is 13.2. The first-order valence-corrected chi connectivity index (χ1v) is 8.67. The van der Waals surface area contributed by atoms with Crippen LogP contribution in [0.5, 0.6) is 5.75 Å². The van der Waals surface area contributed by atoms with E-state index < -0.39 is 10.0 Å². The number of anilines is 1. The molecule has 0 radical (unpaired) electrons. The van der Waals surface area contributed by atoms with Crippen molar-refractivity contribution in [2.75, 3.05) is 39.0 Å². The smallest absolute Gasteiger partial charge is 0.242 e. The highest BCUT2D eigenvalue weighted by Crippen LogP contribution is 2.23. The van der Waals surface area contributed by atoms with Crippen LogP contribution in [0.1, 0.15) is 19.3 Å². The van der Waals surface area contributed by atoms with E-state index in [0.29, 0.717) is 12.3 Å². The van der Waals surface area contributed by atoms with Gasteiger partial charge in [0.2, 0.25) is 10.0 Å². The fourth-order valence-corrected chi connectivity index (χ4v) is 3.63. The summed E-state index contributed by atoms with van der Waals surface area (Å²) in [4.78, 5) is 2.38. The van der Waals surface area contributed by atoms with E-state index in [9.17, 15) is 8.42 Å². The Morgan fingerprint density at radius 3 is 2.62 bits per heavy atom. The van der Waals surface area contributed by atoms with Crippen LogP contribution in [0.2, 0.25) is 0 Å². The molecule has 3 N–H and O–H groups in total. The Hall–Kier alpha value is -1.31. The molecular formula is C14H23N3O3S. The molecule has 21 heavy (non-hydrogen) atoms. The van der Waals surface area contributed by atoms with Crippen LogP contribution in [0, 0.1) is 0 Å². The lowest BCUT2D eigenvalue weighted by Gasteiger charge is -2.26. The van der Waals surface area contributed by atoms with E-state index >= 15 is 0 Å². The summed E-state index contributed by atoms with van der Waals surface area (Å²) in [5.41, 5.74) is 5.98. The third kappa shape index (κ3) is 4.33. The van der Waals surface area contributed by atoms with Crippen LogP contribution in [-0.4, -0.2) is 46.6 Å². The number of nitrogen functional groups attached to an aromatic ring is 1. The highest BCUT2D eigenvalue weighted by molar-refractivity contribution is 7.89. The van der Waals surface area contributed by atoms with Crippen molar-refractivity contribution in [1.82, 2.24) is 9.62 Å². The maximum absolute atomic E-state index is 12.2. The second-order valence-electron chi connectivity index (χ2n) is 5.20. The Labute approximate surface area is 126 Å². The van der Waals surface area contributed by atoms with Crippen LogP contribution >= 0.6 is 0 Å². The quantitative estimate of drug-likeness (QED) is 0.767. The minimum Gasteiger partial charge on any atom is -0.497 e. The Kier molecular flexibility index (Phi) is 5.44. The molecule has 1 aliphatic rings. The van der Waals surface area contributed by atoms with Crippen molar-refractivity contribution in [3.05, 3.63) is 18.2 Å². The standard InChI is InChI=1S/C14H23N3O3S/c1-20-12-5-6-14(13(15)11-12)21(18,19)16-7-10-17-8-3-2-4-9-17/h5-6,11,16H,2-4,7-10,15H2,1H3. The number of nitrogens with one attached hydrogen (secondary N) is 1. The molecule has 0 saturated carbocycles. The van der Waals surface area contributed by atoms with Crippen molar-refractivity contribution in [2.45, 2.75) is 24.2 Å². The minimum atomic E-state index is -3.57. The van der Waals surface area contributed by atoms with Gasteiger partial charge in [0.15, 0.2) is 0 Å². The summed E-state index contributed by atoms with van der Waals surface area (Å²) in [6, 6.07) is 4.58. The predicted molar refractivity (Wildman–Crippen MR) is 82.9 cm³/mol. The van der Waals surface area contributed by atoms with Gasteiger partial charge < -0.3 is 15.4 Å². The van der Waals surface area contributed by atoms with Crippen LogP contribution in [0.15, 0.2) is 23.1 Å². The number of benzene rings is 1. The molecule has 0 spiro atoms. The summed E-state index contributed by atoms with van der Waals surface area (Å²) in [5, 5.41) is 0. The summed E-state index contributed by atoms with van der Waals surface area (Å²) < 4.78 is 32.1. The number of piperidine rings is 1. The first-order valence-electron chi connectivity index (χ1n) is 7.18. The van der Waals surface area contributed by atoms with Crippen molar-refractivity contribution in [1.29, 1.82) is 0 Å². The molecule has 0 aliphatic carbocycles. The number of ether oxygens (including phenoxy) is 1. The van der Waals surface area contributed by atoms with Crippen molar-refractivity contribution in [3.8, 4) is 5.75 Å². The van der Waals surface area contributed by atoms with E-state index in [1.165, 1.54) is 38.5 Å². The lowest BCUT2D eigenvalue weighted by Crippen LogP contribution is -2.37. The monoisotopic (exact) mass is 313 g/mol. The van der Waals surface area contributed by atoms with Crippen LogP contribution in [0.3, 0.4) is 0 Å². The fourth-order valence-electron chi connectivity index (χ4n) is 2.50. The molecule has 1 aliphatic heterocycles. The average molecular weight is 313 g/mol. The number of nitrogens with two attached hydrogens (primary N) is 1. The van der Waals surface area contributed by atoms with Gasteiger partial charge in [-0.2, -0.15) is 0 Å². The zero-order chi connectivity index (χ0) is 15.3. The summed E-state index contributed by atoms with van der Waals surface area (Å²) in [6.45, 7) is 3.22. The molecule has 1 aromatic carbocycles. The number of likely N-dealkylation sites (tertiary alicyclic amines) is 1. The van der Waals surface area contributed by atoms with E-state index in [0.717, 1.165) is 19.6 Å². The number of hydrogen-bond donors (Lipinski definition) is 2. The summed E-state index contributed by atoms with van der Waals surface area (Å²) in [5.74, 6) is 0.541. The van der Waals surface area contributed by atoms with E-state index in [2.05, 4.69) is 9.62 Å². The molecule has 1 aromatic rings. The molecule has 1 saturated heterocycles. The number of methoxy groups -OCH3 is 1. The van der Waals surface area contributed by atoms with Gasteiger partial charge in [-0.05, 0) is 38.1 Å². The lowest BCUT2D eigenvalue weighted by atomic mass is 10.1. The highest BCUT2D eigenvalue weighted by Gasteiger charge is 2.18. The predicted octanol–water partition coefficient (Wildman–Crippen LogP) is 1.04. The van der Waals surface area contributed by atoms with Gasteiger partial charge >= 0.3 is 0 Å². The SMILES string of the molecule is COc1ccc(S(=O)(=O)NCCN2CCCCC2)c(N)c1. The van der Waals surface area contributed by atoms with E-state index in [1.807, 2.05) is 0 Å². The van der Waals surface area contributed by atoms with Crippen molar-refractivity contribution in [2.24, 2.45) is 0 Å². The van der Waals surface area contributed by atoms with Gasteiger partial charge in [0, 0.05) is 19.2 Å². The Morgan fingerprint density at radius 2 is 2.00 bits per heavy atom. The summed E-state index contributed by atoms with van der Waals surface area (Å²) >= 11 is 0. The summed E-state index contributed by atoms with van der Waals surface area (Å²) in [7, 11) is -2.06. The van der Waals surface area contributed by atoms with Crippen molar-refractivity contribution >= 4 is 15.7 Å². The van der Waals surface area contributed by atoms with Gasteiger partial charge in [-0.15, -0.1) is 0 Å². The third-order valence-corrected chi connectivity index (χ3v) is 5.21. The van der Waals surface area contributed by atoms with Crippen molar-refractivity contribution in [3.63, 3.8) is 0 Å². The Bertz CT molecular complexity index is 569. The van der Waals surface area contributed by atoms with Gasteiger partial charge in [-0.3, -0.25) is 0 Å². The second-order valence-corrected chi connectivity index (χ2v) is 6.94. The molecule has 1 heterocycles. The molecule has 1 fully saturated rings. The van der Waals surface area contributed by atoms with Gasteiger partial charge in [-0.1, -0.05) is 6.42 Å². The molecular weight excluding hydrogens is 290 g/mol. The van der Waals surface area contributed by atoms with Crippen LogP contribution < -0.4 is 15.2 Å². The van der Waals surface area contributed by atoms with Gasteiger partial charge in [0.1, 0.15) is 10.6 Å². The van der Waals surface area contributed by atoms with E-state index in [4.69, 9.17) is 10.5 Å². The lowest BCUT2D eigenvalue weighted by molar-refractivity contribution is 0.233. The van der Waals surface area contributed by atoms with Crippen molar-refractivity contribution < 1.29 is 13.2 Å². The average Bonchev–Trinajstić information content (AvgIpc) is 2.47. The van der Waals surface area contributed by atoms with Gasteiger partial charge in [0.25, 0.3) is 0 Å². The van der Waals surface area contributed by atoms with Gasteiger partial charge in [0.05, 0.1) is 12.8 Å². The molecule has 7 heteroatoms. The molecule has 0 atom stereocenters. The largest absolute Gasteiger partial charge is 0.497 e. The molecule has 0 unspecified atom stereocenters. The maximum Gasteiger partial charge on any atom is 0.242 e. The fraction of sp³-hybridized carbons (Fsp3) is 0.571. The van der Waals surface area contributed by atoms with Crippen LogP contribution in [0.25, 0.3) is 0 Å². The maximum atomic E-state index is 12.2. The number of rotatable bonds is 6. The van der Waals surface area contributed by atoms with Crippen LogP contribution in [-0.2, 0) is 10.0 Å². The Morgan fingerprint density at radius 1 is 1.29 bits per heavy atom. The molecule has 118 valence electrons. The Balaban J connectivity index is 1.94. The first-order chi connectivity index (χ1) is 10.0. The third-order valence-electron chi connectivity index (χ3n) is 3.68.